The van der Waals surface area contributed by atoms with Gasteiger partial charge in [-0.25, -0.2) is 18.1 Å². The molecule has 19 heavy (non-hydrogen) atoms. The molecule has 8 heteroatoms. The second kappa shape index (κ2) is 5.74. The molecule has 1 saturated heterocycles. The Morgan fingerprint density at radius 1 is 1.32 bits per heavy atom. The molecule has 0 saturated carbocycles. The van der Waals surface area contributed by atoms with E-state index in [1.807, 2.05) is 5.01 Å². The van der Waals surface area contributed by atoms with Gasteiger partial charge in [-0.1, -0.05) is 0 Å². The zero-order valence-electron chi connectivity index (χ0n) is 10.7. The van der Waals surface area contributed by atoms with Crippen LogP contribution in [-0.2, 0) is 14.8 Å². The molecule has 0 bridgehead atoms. The van der Waals surface area contributed by atoms with Crippen molar-refractivity contribution in [3.8, 4) is 0 Å². The molecule has 1 aromatic rings. The van der Waals surface area contributed by atoms with E-state index >= 15 is 0 Å². The van der Waals surface area contributed by atoms with Crippen molar-refractivity contribution >= 4 is 21.4 Å². The first-order valence-corrected chi connectivity index (χ1v) is 7.43. The van der Waals surface area contributed by atoms with E-state index in [1.165, 1.54) is 13.1 Å². The molecule has 0 radical (unpaired) electrons. The highest BCUT2D eigenvalue weighted by molar-refractivity contribution is 7.89. The average molecular weight is 286 g/mol. The Hall–Kier alpha value is -1.35. The molecule has 1 heterocycles. The van der Waals surface area contributed by atoms with Crippen LogP contribution in [0.1, 0.15) is 0 Å². The van der Waals surface area contributed by atoms with Gasteiger partial charge in [0.15, 0.2) is 0 Å². The van der Waals surface area contributed by atoms with Gasteiger partial charge in [-0.15, -0.1) is 0 Å². The van der Waals surface area contributed by atoms with Gasteiger partial charge in [0.25, 0.3) is 0 Å². The van der Waals surface area contributed by atoms with Crippen LogP contribution >= 0.6 is 0 Å². The fourth-order valence-electron chi connectivity index (χ4n) is 1.83. The normalized spacial score (nSPS) is 17.3. The van der Waals surface area contributed by atoms with Gasteiger partial charge in [-0.05, 0) is 25.2 Å². The Morgan fingerprint density at radius 2 is 2.00 bits per heavy atom. The summed E-state index contributed by atoms with van der Waals surface area (Å²) in [6.45, 7) is 2.90. The van der Waals surface area contributed by atoms with Gasteiger partial charge in [0.05, 0.1) is 24.6 Å². The van der Waals surface area contributed by atoms with Crippen LogP contribution in [0.5, 0.6) is 0 Å². The number of hydrazine groups is 1. The summed E-state index contributed by atoms with van der Waals surface area (Å²) in [6.07, 6.45) is 0. The molecule has 0 aromatic heterocycles. The van der Waals surface area contributed by atoms with Crippen LogP contribution in [0, 0.1) is 0 Å². The SMILES string of the molecule is CNS(=O)(=O)c1ccc(NN2CCOCC2)cc1N. The number of morpholine rings is 1. The smallest absolute Gasteiger partial charge is 0.242 e. The molecule has 0 aliphatic carbocycles. The van der Waals surface area contributed by atoms with Crippen LogP contribution in [0.15, 0.2) is 23.1 Å². The lowest BCUT2D eigenvalue weighted by atomic mass is 10.3. The van der Waals surface area contributed by atoms with Gasteiger partial charge >= 0.3 is 0 Å². The molecule has 1 aliphatic rings. The quantitative estimate of drug-likeness (QED) is 0.665. The van der Waals surface area contributed by atoms with Crippen molar-refractivity contribution in [1.29, 1.82) is 0 Å². The van der Waals surface area contributed by atoms with Crippen molar-refractivity contribution in [2.24, 2.45) is 0 Å². The van der Waals surface area contributed by atoms with Crippen molar-refractivity contribution in [2.75, 3.05) is 44.5 Å². The van der Waals surface area contributed by atoms with Crippen LogP contribution < -0.4 is 15.9 Å². The van der Waals surface area contributed by atoms with E-state index in [-0.39, 0.29) is 10.6 Å². The second-order valence-electron chi connectivity index (χ2n) is 4.17. The van der Waals surface area contributed by atoms with Gasteiger partial charge in [-0.3, -0.25) is 0 Å². The summed E-state index contributed by atoms with van der Waals surface area (Å²) >= 11 is 0. The number of rotatable bonds is 4. The molecule has 0 amide bonds. The lowest BCUT2D eigenvalue weighted by Gasteiger charge is -2.28. The van der Waals surface area contributed by atoms with Crippen LogP contribution in [0.3, 0.4) is 0 Å². The molecular weight excluding hydrogens is 268 g/mol. The molecule has 106 valence electrons. The number of benzene rings is 1. The van der Waals surface area contributed by atoms with E-state index in [0.29, 0.717) is 13.2 Å². The molecule has 1 fully saturated rings. The van der Waals surface area contributed by atoms with E-state index < -0.39 is 10.0 Å². The number of nitrogen functional groups attached to an aromatic ring is 1. The molecule has 1 aromatic carbocycles. The fourth-order valence-corrected chi connectivity index (χ4v) is 2.67. The summed E-state index contributed by atoms with van der Waals surface area (Å²) in [6, 6.07) is 4.79. The maximum Gasteiger partial charge on any atom is 0.242 e. The third-order valence-electron chi connectivity index (χ3n) is 2.87. The summed E-state index contributed by atoms with van der Waals surface area (Å²) in [5.74, 6) is 0. The highest BCUT2D eigenvalue weighted by atomic mass is 32.2. The average Bonchev–Trinajstić information content (AvgIpc) is 2.39. The Labute approximate surface area is 112 Å². The summed E-state index contributed by atoms with van der Waals surface area (Å²) in [7, 11) is -2.16. The van der Waals surface area contributed by atoms with Gasteiger partial charge in [0.2, 0.25) is 10.0 Å². The van der Waals surface area contributed by atoms with Gasteiger partial charge in [-0.2, -0.15) is 0 Å². The van der Waals surface area contributed by atoms with Gasteiger partial charge in [0, 0.05) is 13.1 Å². The number of hydrogen-bond acceptors (Lipinski definition) is 6. The van der Waals surface area contributed by atoms with Crippen molar-refractivity contribution < 1.29 is 13.2 Å². The standard InChI is InChI=1S/C11H18N4O3S/c1-13-19(16,17)11-3-2-9(8-10(11)12)14-15-4-6-18-7-5-15/h2-3,8,13-14H,4-7,12H2,1H3. The van der Waals surface area contributed by atoms with E-state index in [0.717, 1.165) is 18.8 Å². The minimum absolute atomic E-state index is 0.0857. The maximum absolute atomic E-state index is 11.7. The molecule has 1 aliphatic heterocycles. The zero-order valence-corrected chi connectivity index (χ0v) is 11.5. The number of ether oxygens (including phenoxy) is 1. The number of nitrogens with two attached hydrogens (primary N) is 1. The van der Waals surface area contributed by atoms with E-state index in [1.54, 1.807) is 12.1 Å². The minimum Gasteiger partial charge on any atom is -0.398 e. The van der Waals surface area contributed by atoms with Crippen LogP contribution in [-0.4, -0.2) is 46.8 Å². The number of sulfonamides is 1. The summed E-state index contributed by atoms with van der Waals surface area (Å²) in [5, 5.41) is 2.00. The first kappa shape index (κ1) is 14.1. The highest BCUT2D eigenvalue weighted by Gasteiger charge is 2.16. The minimum atomic E-state index is -3.52. The third kappa shape index (κ3) is 3.35. The monoisotopic (exact) mass is 286 g/mol. The molecule has 2 rings (SSSR count). The van der Waals surface area contributed by atoms with Crippen LogP contribution in [0.25, 0.3) is 0 Å². The Bertz CT molecular complexity index is 541. The Balaban J connectivity index is 2.14. The number of nitrogens with one attached hydrogen (secondary N) is 2. The number of hydrogen-bond donors (Lipinski definition) is 3. The Morgan fingerprint density at radius 3 is 2.58 bits per heavy atom. The molecule has 0 atom stereocenters. The molecule has 0 spiro atoms. The van der Waals surface area contributed by atoms with E-state index in [2.05, 4.69) is 10.1 Å². The molecule has 4 N–H and O–H groups in total. The maximum atomic E-state index is 11.7. The highest BCUT2D eigenvalue weighted by Crippen LogP contribution is 2.22. The second-order valence-corrected chi connectivity index (χ2v) is 6.03. The van der Waals surface area contributed by atoms with E-state index in [9.17, 15) is 8.42 Å². The van der Waals surface area contributed by atoms with Crippen molar-refractivity contribution in [2.45, 2.75) is 4.90 Å². The topological polar surface area (TPSA) is 96.7 Å². The van der Waals surface area contributed by atoms with E-state index in [4.69, 9.17) is 10.5 Å². The summed E-state index contributed by atoms with van der Waals surface area (Å²) in [5.41, 5.74) is 9.94. The number of nitrogens with zero attached hydrogens (tertiary/aromatic N) is 1. The zero-order chi connectivity index (χ0) is 13.9. The predicted octanol–water partition coefficient (Wildman–Crippen LogP) is -0.164. The third-order valence-corrected chi connectivity index (χ3v) is 4.35. The largest absolute Gasteiger partial charge is 0.398 e. The lowest BCUT2D eigenvalue weighted by molar-refractivity contribution is 0.0497. The van der Waals surface area contributed by atoms with Crippen molar-refractivity contribution in [3.05, 3.63) is 18.2 Å². The summed E-state index contributed by atoms with van der Waals surface area (Å²) < 4.78 is 30.9. The van der Waals surface area contributed by atoms with Crippen LogP contribution in [0.2, 0.25) is 0 Å². The number of anilines is 2. The van der Waals surface area contributed by atoms with Crippen LogP contribution in [0.4, 0.5) is 11.4 Å². The first-order valence-electron chi connectivity index (χ1n) is 5.95. The predicted molar refractivity (Wildman–Crippen MR) is 73.1 cm³/mol. The molecule has 7 nitrogen and oxygen atoms in total. The van der Waals surface area contributed by atoms with Gasteiger partial charge < -0.3 is 15.9 Å². The fraction of sp³-hybridized carbons (Fsp3) is 0.455. The van der Waals surface area contributed by atoms with Crippen molar-refractivity contribution in [3.63, 3.8) is 0 Å². The first-order chi connectivity index (χ1) is 9.03. The van der Waals surface area contributed by atoms with Gasteiger partial charge in [0.1, 0.15) is 4.90 Å². The lowest BCUT2D eigenvalue weighted by Crippen LogP contribution is -2.40. The molecular formula is C11H18N4O3S. The Kier molecular flexibility index (Phi) is 4.25. The van der Waals surface area contributed by atoms with Crippen molar-refractivity contribution in [1.82, 2.24) is 9.73 Å². The molecule has 0 unspecified atom stereocenters. The summed E-state index contributed by atoms with van der Waals surface area (Å²) in [4.78, 5) is 0.0857.